The van der Waals surface area contributed by atoms with E-state index in [0.29, 0.717) is 11.4 Å². The molecule has 3 rings (SSSR count). The minimum absolute atomic E-state index is 0.127. The van der Waals surface area contributed by atoms with Crippen molar-refractivity contribution in [3.8, 4) is 22.4 Å². The Morgan fingerprint density at radius 2 is 1.43 bits per heavy atom. The molecule has 104 valence electrons. The molecule has 0 saturated carbocycles. The van der Waals surface area contributed by atoms with E-state index >= 15 is 0 Å². The lowest BCUT2D eigenvalue weighted by Crippen LogP contribution is -2.02. The van der Waals surface area contributed by atoms with Gasteiger partial charge in [0.2, 0.25) is 0 Å². The third-order valence-electron chi connectivity index (χ3n) is 3.47. The van der Waals surface area contributed by atoms with Crippen LogP contribution in [0.4, 0.5) is 5.82 Å². The first-order valence-electron chi connectivity index (χ1n) is 6.80. The summed E-state index contributed by atoms with van der Waals surface area (Å²) in [6, 6.07) is 21.8. The Balaban J connectivity index is 2.21. The molecule has 2 aromatic carbocycles. The molecule has 0 unspecified atom stereocenters. The Labute approximate surface area is 123 Å². The number of nitrogen functional groups attached to an aromatic ring is 1. The highest BCUT2D eigenvalue weighted by Gasteiger charge is 2.12. The average Bonchev–Trinajstić information content (AvgIpc) is 2.55. The van der Waals surface area contributed by atoms with Crippen LogP contribution in [0.2, 0.25) is 0 Å². The van der Waals surface area contributed by atoms with E-state index in [9.17, 15) is 5.11 Å². The lowest BCUT2D eigenvalue weighted by atomic mass is 9.98. The van der Waals surface area contributed by atoms with Gasteiger partial charge in [-0.15, -0.1) is 0 Å². The van der Waals surface area contributed by atoms with Gasteiger partial charge < -0.3 is 10.8 Å². The van der Waals surface area contributed by atoms with Crippen molar-refractivity contribution >= 4 is 5.82 Å². The average molecular weight is 276 g/mol. The zero-order chi connectivity index (χ0) is 14.7. The van der Waals surface area contributed by atoms with Crippen LogP contribution in [-0.4, -0.2) is 10.1 Å². The second-order valence-electron chi connectivity index (χ2n) is 4.81. The summed E-state index contributed by atoms with van der Waals surface area (Å²) in [7, 11) is 0. The molecule has 0 fully saturated rings. The standard InChI is InChI=1S/C18H16N2O/c19-18-16(12-21)15(13-7-3-1-4-8-13)11-17(20-18)14-9-5-2-6-10-14/h1-11,21H,12H2,(H2,19,20). The number of pyridine rings is 1. The maximum Gasteiger partial charge on any atom is 0.130 e. The SMILES string of the molecule is Nc1nc(-c2ccccc2)cc(-c2ccccc2)c1CO. The predicted octanol–water partition coefficient (Wildman–Crippen LogP) is 3.49. The van der Waals surface area contributed by atoms with E-state index in [0.717, 1.165) is 22.4 Å². The van der Waals surface area contributed by atoms with Crippen molar-refractivity contribution in [1.82, 2.24) is 4.98 Å². The van der Waals surface area contributed by atoms with Crippen molar-refractivity contribution in [2.24, 2.45) is 0 Å². The fourth-order valence-corrected chi connectivity index (χ4v) is 2.39. The van der Waals surface area contributed by atoms with Crippen LogP contribution >= 0.6 is 0 Å². The zero-order valence-corrected chi connectivity index (χ0v) is 11.5. The van der Waals surface area contributed by atoms with E-state index in [1.165, 1.54) is 0 Å². The molecule has 1 heterocycles. The van der Waals surface area contributed by atoms with Crippen LogP contribution in [0.3, 0.4) is 0 Å². The van der Waals surface area contributed by atoms with E-state index in [1.807, 2.05) is 66.7 Å². The van der Waals surface area contributed by atoms with Gasteiger partial charge in [0.1, 0.15) is 5.82 Å². The van der Waals surface area contributed by atoms with Gasteiger partial charge in [0.15, 0.2) is 0 Å². The minimum atomic E-state index is -0.127. The number of anilines is 1. The van der Waals surface area contributed by atoms with E-state index in [4.69, 9.17) is 5.73 Å². The van der Waals surface area contributed by atoms with Crippen LogP contribution in [0, 0.1) is 0 Å². The number of rotatable bonds is 3. The Morgan fingerprint density at radius 3 is 2.00 bits per heavy atom. The smallest absolute Gasteiger partial charge is 0.130 e. The van der Waals surface area contributed by atoms with Gasteiger partial charge in [-0.3, -0.25) is 0 Å². The van der Waals surface area contributed by atoms with Crippen molar-refractivity contribution in [3.63, 3.8) is 0 Å². The van der Waals surface area contributed by atoms with Gasteiger partial charge in [-0.25, -0.2) is 4.98 Å². The Kier molecular flexibility index (Phi) is 3.67. The largest absolute Gasteiger partial charge is 0.392 e. The highest BCUT2D eigenvalue weighted by Crippen LogP contribution is 2.31. The Bertz CT molecular complexity index is 740. The van der Waals surface area contributed by atoms with Gasteiger partial charge in [0, 0.05) is 11.1 Å². The highest BCUT2D eigenvalue weighted by molar-refractivity contribution is 5.77. The summed E-state index contributed by atoms with van der Waals surface area (Å²) in [5.41, 5.74) is 10.5. The molecule has 0 aliphatic rings. The minimum Gasteiger partial charge on any atom is -0.392 e. The molecule has 3 aromatic rings. The van der Waals surface area contributed by atoms with E-state index in [-0.39, 0.29) is 6.61 Å². The van der Waals surface area contributed by atoms with E-state index < -0.39 is 0 Å². The molecule has 3 nitrogen and oxygen atoms in total. The van der Waals surface area contributed by atoms with Gasteiger partial charge in [-0.1, -0.05) is 60.7 Å². The lowest BCUT2D eigenvalue weighted by molar-refractivity contribution is 0.283. The molecule has 0 spiro atoms. The molecular weight excluding hydrogens is 260 g/mol. The van der Waals surface area contributed by atoms with Crippen molar-refractivity contribution < 1.29 is 5.11 Å². The van der Waals surface area contributed by atoms with Gasteiger partial charge in [-0.05, 0) is 17.2 Å². The van der Waals surface area contributed by atoms with Crippen LogP contribution in [0.5, 0.6) is 0 Å². The molecule has 3 N–H and O–H groups in total. The summed E-state index contributed by atoms with van der Waals surface area (Å²) in [6.07, 6.45) is 0. The van der Waals surface area contributed by atoms with Crippen LogP contribution in [-0.2, 0) is 6.61 Å². The molecular formula is C18H16N2O. The quantitative estimate of drug-likeness (QED) is 0.770. The predicted molar refractivity (Wildman–Crippen MR) is 85.4 cm³/mol. The van der Waals surface area contributed by atoms with Crippen molar-refractivity contribution in [2.45, 2.75) is 6.61 Å². The second-order valence-corrected chi connectivity index (χ2v) is 4.81. The van der Waals surface area contributed by atoms with Crippen LogP contribution in [0.15, 0.2) is 66.7 Å². The van der Waals surface area contributed by atoms with Crippen LogP contribution in [0.1, 0.15) is 5.56 Å². The Hall–Kier alpha value is -2.65. The molecule has 0 radical (unpaired) electrons. The van der Waals surface area contributed by atoms with E-state index in [2.05, 4.69) is 4.98 Å². The number of aromatic nitrogens is 1. The summed E-state index contributed by atoms with van der Waals surface area (Å²) in [5.74, 6) is 0.373. The monoisotopic (exact) mass is 276 g/mol. The van der Waals surface area contributed by atoms with Crippen molar-refractivity contribution in [2.75, 3.05) is 5.73 Å². The van der Waals surface area contributed by atoms with Gasteiger partial charge >= 0.3 is 0 Å². The second kappa shape index (κ2) is 5.77. The van der Waals surface area contributed by atoms with Gasteiger partial charge in [-0.2, -0.15) is 0 Å². The Morgan fingerprint density at radius 1 is 0.857 bits per heavy atom. The third-order valence-corrected chi connectivity index (χ3v) is 3.47. The molecule has 3 heteroatoms. The van der Waals surface area contributed by atoms with Gasteiger partial charge in [0.05, 0.1) is 12.3 Å². The number of hydrogen-bond donors (Lipinski definition) is 2. The number of aliphatic hydroxyl groups excluding tert-OH is 1. The highest BCUT2D eigenvalue weighted by atomic mass is 16.3. The first-order chi connectivity index (χ1) is 10.3. The molecule has 0 aliphatic carbocycles. The number of aliphatic hydroxyl groups is 1. The molecule has 0 saturated heterocycles. The fraction of sp³-hybridized carbons (Fsp3) is 0.0556. The molecule has 0 atom stereocenters. The first-order valence-corrected chi connectivity index (χ1v) is 6.80. The van der Waals surface area contributed by atoms with Crippen molar-refractivity contribution in [1.29, 1.82) is 0 Å². The molecule has 21 heavy (non-hydrogen) atoms. The number of nitrogens with zero attached hydrogens (tertiary/aromatic N) is 1. The maximum absolute atomic E-state index is 9.60. The fourth-order valence-electron chi connectivity index (χ4n) is 2.39. The number of hydrogen-bond acceptors (Lipinski definition) is 3. The summed E-state index contributed by atoms with van der Waals surface area (Å²) >= 11 is 0. The summed E-state index contributed by atoms with van der Waals surface area (Å²) in [6.45, 7) is -0.127. The van der Waals surface area contributed by atoms with Crippen LogP contribution in [0.25, 0.3) is 22.4 Å². The summed E-state index contributed by atoms with van der Waals surface area (Å²) in [4.78, 5) is 4.42. The lowest BCUT2D eigenvalue weighted by Gasteiger charge is -2.13. The third kappa shape index (κ3) is 2.64. The number of benzene rings is 2. The topological polar surface area (TPSA) is 59.1 Å². The van der Waals surface area contributed by atoms with Crippen molar-refractivity contribution in [3.05, 3.63) is 72.3 Å². The summed E-state index contributed by atoms with van der Waals surface area (Å²) < 4.78 is 0. The molecule has 0 aliphatic heterocycles. The normalized spacial score (nSPS) is 10.5. The molecule has 1 aromatic heterocycles. The molecule has 0 amide bonds. The maximum atomic E-state index is 9.60. The summed E-state index contributed by atoms with van der Waals surface area (Å²) in [5, 5.41) is 9.60. The van der Waals surface area contributed by atoms with E-state index in [1.54, 1.807) is 0 Å². The zero-order valence-electron chi connectivity index (χ0n) is 11.5. The van der Waals surface area contributed by atoms with Crippen LogP contribution < -0.4 is 5.73 Å². The number of nitrogens with two attached hydrogens (primary N) is 1. The van der Waals surface area contributed by atoms with Gasteiger partial charge in [0.25, 0.3) is 0 Å². The first kappa shape index (κ1) is 13.3. The molecule has 0 bridgehead atoms.